The summed E-state index contributed by atoms with van der Waals surface area (Å²) in [6, 6.07) is 6.97. The molecule has 0 unspecified atom stereocenters. The Bertz CT molecular complexity index is 722. The van der Waals surface area contributed by atoms with Gasteiger partial charge in [-0.1, -0.05) is 0 Å². The van der Waals surface area contributed by atoms with Crippen molar-refractivity contribution in [1.82, 2.24) is 0 Å². The van der Waals surface area contributed by atoms with Crippen LogP contribution in [0.4, 0.5) is 11.4 Å². The average molecular weight is 367 g/mol. The van der Waals surface area contributed by atoms with Crippen LogP contribution >= 0.6 is 27.3 Å². The van der Waals surface area contributed by atoms with Crippen molar-refractivity contribution in [3.05, 3.63) is 38.5 Å². The highest BCUT2D eigenvalue weighted by atomic mass is 79.9. The maximum absolute atomic E-state index is 12.2. The highest BCUT2D eigenvalue weighted by molar-refractivity contribution is 9.11. The van der Waals surface area contributed by atoms with Gasteiger partial charge in [-0.3, -0.25) is 9.59 Å². The number of thiophene rings is 1. The molecule has 7 heteroatoms. The van der Waals surface area contributed by atoms with E-state index in [-0.39, 0.29) is 18.4 Å². The van der Waals surface area contributed by atoms with Crippen LogP contribution in [0.25, 0.3) is 0 Å². The second-order valence-electron chi connectivity index (χ2n) is 4.57. The Kier molecular flexibility index (Phi) is 3.69. The zero-order valence-corrected chi connectivity index (χ0v) is 13.4. The Morgan fingerprint density at radius 3 is 2.95 bits per heavy atom. The lowest BCUT2D eigenvalue weighted by Crippen LogP contribution is -2.25. The van der Waals surface area contributed by atoms with Crippen molar-refractivity contribution in [3.63, 3.8) is 0 Å². The van der Waals surface area contributed by atoms with Gasteiger partial charge in [0.15, 0.2) is 6.61 Å². The van der Waals surface area contributed by atoms with E-state index < -0.39 is 0 Å². The minimum absolute atomic E-state index is 0.0151. The van der Waals surface area contributed by atoms with Crippen molar-refractivity contribution in [3.8, 4) is 5.75 Å². The predicted octanol–water partition coefficient (Wildman–Crippen LogP) is 3.40. The van der Waals surface area contributed by atoms with Crippen LogP contribution in [0.2, 0.25) is 0 Å². The Balaban J connectivity index is 1.80. The van der Waals surface area contributed by atoms with Crippen LogP contribution < -0.4 is 15.4 Å². The van der Waals surface area contributed by atoms with Gasteiger partial charge in [0.05, 0.1) is 14.4 Å². The third kappa shape index (κ3) is 2.93. The lowest BCUT2D eigenvalue weighted by atomic mass is 10.2. The van der Waals surface area contributed by atoms with Crippen molar-refractivity contribution < 1.29 is 14.3 Å². The van der Waals surface area contributed by atoms with Crippen LogP contribution in [-0.2, 0) is 4.79 Å². The molecule has 0 bridgehead atoms. The first-order chi connectivity index (χ1) is 10.0. The fourth-order valence-electron chi connectivity index (χ4n) is 1.93. The van der Waals surface area contributed by atoms with Crippen molar-refractivity contribution >= 4 is 50.5 Å². The maximum atomic E-state index is 12.2. The Labute approximate surface area is 133 Å². The highest BCUT2D eigenvalue weighted by Crippen LogP contribution is 2.31. The predicted molar refractivity (Wildman–Crippen MR) is 85.3 cm³/mol. The number of hydrogen-bond donors (Lipinski definition) is 2. The summed E-state index contributed by atoms with van der Waals surface area (Å²) in [6.07, 6.45) is 0. The molecule has 0 saturated carbocycles. The summed E-state index contributed by atoms with van der Waals surface area (Å²) in [4.78, 5) is 24.1. The lowest BCUT2D eigenvalue weighted by Gasteiger charge is -2.18. The van der Waals surface area contributed by atoms with E-state index in [2.05, 4.69) is 26.6 Å². The standard InChI is InChI=1S/C14H11BrN2O3S/c1-7-4-11(21-13(7)15)14(19)16-8-2-3-10-9(5-8)17-12(18)6-20-10/h2-5H,6H2,1H3,(H,16,19)(H,17,18). The molecule has 1 aromatic carbocycles. The van der Waals surface area contributed by atoms with Crippen molar-refractivity contribution in [2.45, 2.75) is 6.92 Å². The lowest BCUT2D eigenvalue weighted by molar-refractivity contribution is -0.118. The monoisotopic (exact) mass is 366 g/mol. The van der Waals surface area contributed by atoms with E-state index in [1.165, 1.54) is 11.3 Å². The number of carbonyl (C=O) groups excluding carboxylic acids is 2. The number of aryl methyl sites for hydroxylation is 1. The fourth-order valence-corrected chi connectivity index (χ4v) is 3.36. The van der Waals surface area contributed by atoms with Gasteiger partial charge in [-0.25, -0.2) is 0 Å². The summed E-state index contributed by atoms with van der Waals surface area (Å²) in [5.74, 6) is 0.211. The third-order valence-electron chi connectivity index (χ3n) is 2.95. The van der Waals surface area contributed by atoms with Crippen LogP contribution in [0.3, 0.4) is 0 Å². The number of benzene rings is 1. The summed E-state index contributed by atoms with van der Waals surface area (Å²) in [7, 11) is 0. The maximum Gasteiger partial charge on any atom is 0.265 e. The number of rotatable bonds is 2. The van der Waals surface area contributed by atoms with E-state index in [0.29, 0.717) is 22.0 Å². The summed E-state index contributed by atoms with van der Waals surface area (Å²) >= 11 is 4.78. The first-order valence-corrected chi connectivity index (χ1v) is 7.78. The number of nitrogens with one attached hydrogen (secondary N) is 2. The normalized spacial score (nSPS) is 13.1. The van der Waals surface area contributed by atoms with Crippen molar-refractivity contribution in [2.24, 2.45) is 0 Å². The molecule has 0 saturated heterocycles. The number of halogens is 1. The summed E-state index contributed by atoms with van der Waals surface area (Å²) in [5.41, 5.74) is 2.19. The van der Waals surface area contributed by atoms with Crippen molar-refractivity contribution in [2.75, 3.05) is 17.2 Å². The first-order valence-electron chi connectivity index (χ1n) is 6.17. The molecule has 2 amide bonds. The SMILES string of the molecule is Cc1cc(C(=O)Nc2ccc3c(c2)NC(=O)CO3)sc1Br. The molecule has 2 N–H and O–H groups in total. The van der Waals surface area contributed by atoms with Gasteiger partial charge in [-0.05, 0) is 52.7 Å². The van der Waals surface area contributed by atoms with Crippen LogP contribution in [0, 0.1) is 6.92 Å². The Morgan fingerprint density at radius 2 is 2.24 bits per heavy atom. The minimum atomic E-state index is -0.205. The van der Waals surface area contributed by atoms with Gasteiger partial charge in [0.2, 0.25) is 0 Å². The number of amides is 2. The molecule has 2 aromatic rings. The molecule has 108 valence electrons. The molecule has 5 nitrogen and oxygen atoms in total. The van der Waals surface area contributed by atoms with E-state index in [9.17, 15) is 9.59 Å². The Morgan fingerprint density at radius 1 is 1.43 bits per heavy atom. The highest BCUT2D eigenvalue weighted by Gasteiger charge is 2.17. The minimum Gasteiger partial charge on any atom is -0.482 e. The second kappa shape index (κ2) is 5.50. The van der Waals surface area contributed by atoms with E-state index in [4.69, 9.17) is 4.74 Å². The van der Waals surface area contributed by atoms with Crippen LogP contribution in [0.15, 0.2) is 28.1 Å². The number of fused-ring (bicyclic) bond motifs is 1. The topological polar surface area (TPSA) is 67.4 Å². The summed E-state index contributed by atoms with van der Waals surface area (Å²) < 4.78 is 6.21. The largest absolute Gasteiger partial charge is 0.482 e. The number of hydrogen-bond acceptors (Lipinski definition) is 4. The van der Waals surface area contributed by atoms with Gasteiger partial charge in [0.25, 0.3) is 11.8 Å². The number of carbonyl (C=O) groups is 2. The van der Waals surface area contributed by atoms with E-state index in [1.807, 2.05) is 13.0 Å². The van der Waals surface area contributed by atoms with Gasteiger partial charge in [-0.2, -0.15) is 0 Å². The number of ether oxygens (including phenoxy) is 1. The zero-order chi connectivity index (χ0) is 15.0. The average Bonchev–Trinajstić information content (AvgIpc) is 2.78. The molecule has 2 heterocycles. The van der Waals surface area contributed by atoms with Crippen molar-refractivity contribution in [1.29, 1.82) is 0 Å². The second-order valence-corrected chi connectivity index (χ2v) is 6.94. The first kappa shape index (κ1) is 14.1. The number of anilines is 2. The van der Waals surface area contributed by atoms with Crippen LogP contribution in [0.1, 0.15) is 15.2 Å². The van der Waals surface area contributed by atoms with Gasteiger partial charge >= 0.3 is 0 Å². The van der Waals surface area contributed by atoms with E-state index in [0.717, 1.165) is 9.35 Å². The molecule has 21 heavy (non-hydrogen) atoms. The molecular formula is C14H11BrN2O3S. The zero-order valence-electron chi connectivity index (χ0n) is 11.0. The molecular weight excluding hydrogens is 356 g/mol. The van der Waals surface area contributed by atoms with Crippen LogP contribution in [0.5, 0.6) is 5.75 Å². The quantitative estimate of drug-likeness (QED) is 0.855. The molecule has 3 rings (SSSR count). The molecule has 0 spiro atoms. The van der Waals surface area contributed by atoms with Crippen LogP contribution in [-0.4, -0.2) is 18.4 Å². The smallest absolute Gasteiger partial charge is 0.265 e. The molecule has 0 radical (unpaired) electrons. The van der Waals surface area contributed by atoms with E-state index in [1.54, 1.807) is 18.2 Å². The summed E-state index contributed by atoms with van der Waals surface area (Å²) in [5, 5.41) is 5.51. The molecule has 1 aliphatic heterocycles. The van der Waals surface area contributed by atoms with Gasteiger partial charge in [0.1, 0.15) is 5.75 Å². The third-order valence-corrected chi connectivity index (χ3v) is 5.09. The van der Waals surface area contributed by atoms with E-state index >= 15 is 0 Å². The summed E-state index contributed by atoms with van der Waals surface area (Å²) in [6.45, 7) is 1.95. The molecule has 0 fully saturated rings. The fraction of sp³-hybridized carbons (Fsp3) is 0.143. The molecule has 1 aromatic heterocycles. The Hall–Kier alpha value is -1.86. The molecule has 0 atom stereocenters. The van der Waals surface area contributed by atoms with Gasteiger partial charge < -0.3 is 15.4 Å². The van der Waals surface area contributed by atoms with Gasteiger partial charge in [0, 0.05) is 5.69 Å². The van der Waals surface area contributed by atoms with Gasteiger partial charge in [-0.15, -0.1) is 11.3 Å². The molecule has 0 aliphatic carbocycles. The molecule has 1 aliphatic rings.